The van der Waals surface area contributed by atoms with E-state index in [9.17, 15) is 14.4 Å². The van der Waals surface area contributed by atoms with E-state index < -0.39 is 36.4 Å². The van der Waals surface area contributed by atoms with Gasteiger partial charge in [0.05, 0.1) is 19.5 Å². The zero-order valence-electron chi connectivity index (χ0n) is 10.3. The first-order chi connectivity index (χ1) is 8.81. The van der Waals surface area contributed by atoms with Crippen molar-refractivity contribution in [2.75, 3.05) is 26.2 Å². The van der Waals surface area contributed by atoms with Crippen LogP contribution in [-0.2, 0) is 14.4 Å². The fourth-order valence-corrected chi connectivity index (χ4v) is 1.63. The van der Waals surface area contributed by atoms with Gasteiger partial charge >= 0.3 is 107 Å². The molecule has 0 radical (unpaired) electrons. The summed E-state index contributed by atoms with van der Waals surface area (Å²) in [6, 6.07) is 0. The Bertz CT molecular complexity index is 346. The molecule has 1 atom stereocenters. The van der Waals surface area contributed by atoms with Crippen LogP contribution < -0.4 is 10.6 Å². The maximum absolute atomic E-state index is 10.8. The molecule has 0 saturated heterocycles. The van der Waals surface area contributed by atoms with Crippen LogP contribution in [0.5, 0.6) is 0 Å². The average Bonchev–Trinajstić information content (AvgIpc) is 2.25. The molecule has 0 spiro atoms. The Hall–Kier alpha value is 1.29. The topological polar surface area (TPSA) is 156 Å². The predicted molar refractivity (Wildman–Crippen MR) is 84.3 cm³/mol. The summed E-state index contributed by atoms with van der Waals surface area (Å²) in [4.78, 5) is 31.7. The van der Waals surface area contributed by atoms with Crippen molar-refractivity contribution in [3.63, 3.8) is 0 Å². The second-order valence-electron chi connectivity index (χ2n) is 4.07. The fraction of sp³-hybridized carbons (Fsp3) is 0.700. The summed E-state index contributed by atoms with van der Waals surface area (Å²) in [6.07, 6.45) is -0.452. The molecular formula is C10H21N2Na3O7. The molecule has 6 N–H and O–H groups in total. The van der Waals surface area contributed by atoms with Crippen molar-refractivity contribution in [2.45, 2.75) is 18.4 Å². The first kappa shape index (κ1) is 31.1. The van der Waals surface area contributed by atoms with Crippen LogP contribution in [0.3, 0.4) is 0 Å². The van der Waals surface area contributed by atoms with Crippen molar-refractivity contribution in [3.8, 4) is 0 Å². The Labute approximate surface area is 194 Å². The van der Waals surface area contributed by atoms with Gasteiger partial charge in [-0.1, -0.05) is 0 Å². The van der Waals surface area contributed by atoms with Gasteiger partial charge in [-0.05, 0) is 6.42 Å². The Morgan fingerprint density at radius 3 is 1.73 bits per heavy atom. The molecule has 9 nitrogen and oxygen atoms in total. The number of carboxylic acid groups (broad SMARTS) is 3. The zero-order chi connectivity index (χ0) is 14.9. The molecule has 1 unspecified atom stereocenters. The summed E-state index contributed by atoms with van der Waals surface area (Å²) < 4.78 is 0. The molecule has 0 aromatic carbocycles. The molecule has 0 aliphatic carbocycles. The van der Waals surface area contributed by atoms with E-state index in [0.717, 1.165) is 0 Å². The van der Waals surface area contributed by atoms with E-state index in [-0.39, 0.29) is 115 Å². The molecule has 0 fully saturated rings. The Kier molecular flexibility index (Phi) is 24.2. The van der Waals surface area contributed by atoms with Crippen LogP contribution in [0, 0.1) is 0 Å². The normalized spacial score (nSPS) is 11.9. The van der Waals surface area contributed by atoms with Gasteiger partial charge < -0.3 is 25.7 Å². The molecule has 0 heterocycles. The van der Waals surface area contributed by atoms with Crippen molar-refractivity contribution in [3.05, 3.63) is 0 Å². The van der Waals surface area contributed by atoms with E-state index in [1.54, 1.807) is 0 Å². The van der Waals surface area contributed by atoms with Crippen LogP contribution in [0.1, 0.15) is 12.8 Å². The van der Waals surface area contributed by atoms with Gasteiger partial charge in [0, 0.05) is 18.7 Å². The first-order valence-electron chi connectivity index (χ1n) is 5.53. The summed E-state index contributed by atoms with van der Waals surface area (Å²) in [6.45, 7) is -1.31. The van der Waals surface area contributed by atoms with Crippen molar-refractivity contribution >= 4 is 107 Å². The van der Waals surface area contributed by atoms with E-state index in [1.807, 2.05) is 0 Å². The van der Waals surface area contributed by atoms with Crippen LogP contribution in [0.2, 0.25) is 0 Å². The van der Waals surface area contributed by atoms with E-state index in [2.05, 4.69) is 10.6 Å². The number of hydrogen-bond acceptors (Lipinski definition) is 6. The molecule has 22 heavy (non-hydrogen) atoms. The second kappa shape index (κ2) is 17.1. The van der Waals surface area contributed by atoms with Gasteiger partial charge in [-0.25, -0.2) is 0 Å². The SMILES string of the molecule is O=C(O)CNCC(CCO)(CC(=O)O)NCC(=O)O.[NaH].[NaH].[NaH]. The van der Waals surface area contributed by atoms with Gasteiger partial charge in [0.25, 0.3) is 0 Å². The van der Waals surface area contributed by atoms with Crippen LogP contribution in [0.25, 0.3) is 0 Å². The molecule has 0 aliphatic heterocycles. The molecule has 0 rings (SSSR count). The van der Waals surface area contributed by atoms with Crippen molar-refractivity contribution in [1.82, 2.24) is 10.6 Å². The number of carboxylic acids is 3. The second-order valence-corrected chi connectivity index (χ2v) is 4.07. The number of hydrogen-bond donors (Lipinski definition) is 6. The van der Waals surface area contributed by atoms with Crippen LogP contribution in [0.15, 0.2) is 0 Å². The minimum atomic E-state index is -1.21. The van der Waals surface area contributed by atoms with Crippen molar-refractivity contribution < 1.29 is 34.8 Å². The number of rotatable bonds is 11. The summed E-state index contributed by atoms with van der Waals surface area (Å²) in [5.41, 5.74) is -1.21. The van der Waals surface area contributed by atoms with Gasteiger partial charge in [-0.15, -0.1) is 0 Å². The third-order valence-electron chi connectivity index (χ3n) is 2.43. The quantitative estimate of drug-likeness (QED) is 0.204. The van der Waals surface area contributed by atoms with E-state index in [0.29, 0.717) is 0 Å². The molecular weight excluding hydrogens is 329 g/mol. The molecule has 116 valence electrons. The molecule has 0 aromatic heterocycles. The average molecular weight is 350 g/mol. The fourth-order valence-electron chi connectivity index (χ4n) is 1.63. The Morgan fingerprint density at radius 1 is 0.864 bits per heavy atom. The molecule has 0 saturated carbocycles. The number of carbonyl (C=O) groups is 3. The van der Waals surface area contributed by atoms with Crippen molar-refractivity contribution in [1.29, 1.82) is 0 Å². The molecule has 0 bridgehead atoms. The summed E-state index contributed by atoms with van der Waals surface area (Å²) >= 11 is 0. The van der Waals surface area contributed by atoms with Crippen LogP contribution in [-0.4, -0.2) is 159 Å². The summed E-state index contributed by atoms with van der Waals surface area (Å²) in [5.74, 6) is -3.47. The van der Waals surface area contributed by atoms with Crippen LogP contribution >= 0.6 is 0 Å². The Morgan fingerprint density at radius 2 is 1.36 bits per heavy atom. The monoisotopic (exact) mass is 350 g/mol. The first-order valence-corrected chi connectivity index (χ1v) is 5.53. The third-order valence-corrected chi connectivity index (χ3v) is 2.43. The maximum atomic E-state index is 10.8. The third kappa shape index (κ3) is 16.2. The number of nitrogens with one attached hydrogen (secondary N) is 2. The number of aliphatic hydroxyl groups is 1. The van der Waals surface area contributed by atoms with Crippen LogP contribution in [0.4, 0.5) is 0 Å². The van der Waals surface area contributed by atoms with Gasteiger partial charge in [0.15, 0.2) is 0 Å². The molecule has 0 aromatic rings. The summed E-state index contributed by atoms with van der Waals surface area (Å²) in [5, 5.41) is 40.0. The van der Waals surface area contributed by atoms with Gasteiger partial charge in [-0.2, -0.15) is 0 Å². The molecule has 0 amide bonds. The Balaban J connectivity index is -0.000000540. The van der Waals surface area contributed by atoms with Crippen molar-refractivity contribution in [2.24, 2.45) is 0 Å². The number of aliphatic carboxylic acids is 3. The molecule has 0 aliphatic rings. The summed E-state index contributed by atoms with van der Waals surface area (Å²) in [7, 11) is 0. The number of aliphatic hydroxyl groups excluding tert-OH is 1. The van der Waals surface area contributed by atoms with Gasteiger partial charge in [0.2, 0.25) is 0 Å². The minimum absolute atomic E-state index is 0. The van der Waals surface area contributed by atoms with Gasteiger partial charge in [-0.3, -0.25) is 19.7 Å². The zero-order valence-corrected chi connectivity index (χ0v) is 10.3. The van der Waals surface area contributed by atoms with E-state index in [4.69, 9.17) is 20.4 Å². The van der Waals surface area contributed by atoms with E-state index >= 15 is 0 Å². The van der Waals surface area contributed by atoms with E-state index in [1.165, 1.54) is 0 Å². The predicted octanol–water partition coefficient (Wildman–Crippen LogP) is -4.01. The standard InChI is InChI=1S/C10H18N2O7.3Na.3H/c13-2-1-10(3-7(14)15,12-5-9(18)19)6-11-4-8(16)17;;;;;;/h11-13H,1-6H2,(H,14,15)(H,16,17)(H,18,19);;;;;;. The molecule has 12 heteroatoms. The van der Waals surface area contributed by atoms with Gasteiger partial charge in [0.1, 0.15) is 0 Å².